The van der Waals surface area contributed by atoms with Gasteiger partial charge < -0.3 is 10.6 Å². The van der Waals surface area contributed by atoms with Gasteiger partial charge in [-0.05, 0) is 25.3 Å². The van der Waals surface area contributed by atoms with Gasteiger partial charge in [-0.2, -0.15) is 0 Å². The Morgan fingerprint density at radius 2 is 2.04 bits per heavy atom. The van der Waals surface area contributed by atoms with Crippen molar-refractivity contribution in [3.63, 3.8) is 0 Å². The summed E-state index contributed by atoms with van der Waals surface area (Å²) in [6.07, 6.45) is 3.52. The number of hydrogen-bond acceptors (Lipinski definition) is 6. The first-order valence-corrected chi connectivity index (χ1v) is 9.13. The number of carbonyl (C=O) groups is 1. The second-order valence-electron chi connectivity index (χ2n) is 5.63. The average Bonchev–Trinajstić information content (AvgIpc) is 2.52. The van der Waals surface area contributed by atoms with Crippen LogP contribution in [0.3, 0.4) is 0 Å². The van der Waals surface area contributed by atoms with Crippen molar-refractivity contribution in [3.8, 4) is 0 Å². The molecule has 0 aliphatic carbocycles. The van der Waals surface area contributed by atoms with Gasteiger partial charge in [0, 0.05) is 43.1 Å². The first kappa shape index (κ1) is 20.3. The number of halogens is 1. The Bertz CT molecular complexity index is 738. The second kappa shape index (κ2) is 7.91. The Kier molecular flexibility index (Phi) is 6.70. The van der Waals surface area contributed by atoms with Crippen molar-refractivity contribution in [2.45, 2.75) is 30.2 Å². The topological polar surface area (TPSA) is 124 Å². The van der Waals surface area contributed by atoms with Crippen molar-refractivity contribution in [3.05, 3.63) is 33.9 Å². The molecule has 1 amide bonds. The highest BCUT2D eigenvalue weighted by Crippen LogP contribution is 2.24. The zero-order chi connectivity index (χ0) is 17.2. The molecule has 8 nitrogen and oxygen atoms in total. The van der Waals surface area contributed by atoms with E-state index in [0.29, 0.717) is 13.1 Å². The molecular weight excluding hydrogens is 358 g/mol. The molecule has 1 unspecified atom stereocenters. The number of nitrogens with zero attached hydrogens (tertiary/aromatic N) is 2. The predicted octanol–water partition coefficient (Wildman–Crippen LogP) is 1.37. The van der Waals surface area contributed by atoms with E-state index in [0.717, 1.165) is 37.7 Å². The lowest BCUT2D eigenvalue weighted by molar-refractivity contribution is -0.385. The number of rotatable bonds is 4. The summed E-state index contributed by atoms with van der Waals surface area (Å²) in [5.74, 6) is -0.422. The van der Waals surface area contributed by atoms with Crippen molar-refractivity contribution < 1.29 is 18.1 Å². The SMILES string of the molecule is CS(=O)(=O)c1cc(C(=O)N2CCCCC2CN)cc([N+](=O)[O-])c1.Cl. The molecule has 1 heterocycles. The molecular formula is C14H20ClN3O5S. The third kappa shape index (κ3) is 4.43. The Balaban J connectivity index is 0.00000288. The van der Waals surface area contributed by atoms with E-state index in [4.69, 9.17) is 5.73 Å². The van der Waals surface area contributed by atoms with E-state index < -0.39 is 26.4 Å². The maximum Gasteiger partial charge on any atom is 0.271 e. The van der Waals surface area contributed by atoms with Crippen molar-refractivity contribution in [2.24, 2.45) is 5.73 Å². The maximum absolute atomic E-state index is 12.7. The summed E-state index contributed by atoms with van der Waals surface area (Å²) in [6.45, 7) is 0.817. The molecule has 1 atom stereocenters. The minimum atomic E-state index is -3.66. The number of sulfone groups is 1. The van der Waals surface area contributed by atoms with Crippen molar-refractivity contribution in [1.82, 2.24) is 4.90 Å². The molecule has 0 radical (unpaired) electrons. The number of nitro groups is 1. The van der Waals surface area contributed by atoms with Crippen LogP contribution in [-0.2, 0) is 9.84 Å². The molecule has 1 aliphatic heterocycles. The first-order chi connectivity index (χ1) is 10.7. The van der Waals surface area contributed by atoms with Crippen LogP contribution in [0.2, 0.25) is 0 Å². The van der Waals surface area contributed by atoms with E-state index >= 15 is 0 Å². The zero-order valence-corrected chi connectivity index (χ0v) is 14.8. The van der Waals surface area contributed by atoms with Gasteiger partial charge in [0.1, 0.15) is 0 Å². The van der Waals surface area contributed by atoms with E-state index in [1.165, 1.54) is 6.07 Å². The molecule has 1 aliphatic rings. The molecule has 0 spiro atoms. The minimum absolute atomic E-state index is 0. The molecule has 10 heteroatoms. The second-order valence-corrected chi connectivity index (χ2v) is 7.64. The number of likely N-dealkylation sites (tertiary alicyclic amines) is 1. The van der Waals surface area contributed by atoms with E-state index in [2.05, 4.69) is 0 Å². The van der Waals surface area contributed by atoms with Crippen LogP contribution in [0.15, 0.2) is 23.1 Å². The zero-order valence-electron chi connectivity index (χ0n) is 13.2. The highest BCUT2D eigenvalue weighted by atomic mass is 35.5. The van der Waals surface area contributed by atoms with Crippen molar-refractivity contribution in [1.29, 1.82) is 0 Å². The standard InChI is InChI=1S/C14H19N3O5S.ClH/c1-23(21,22)13-7-10(6-12(8-13)17(19)20)14(18)16-5-3-2-4-11(16)9-15;/h6-8,11H,2-5,9,15H2,1H3;1H. The average molecular weight is 378 g/mol. The highest BCUT2D eigenvalue weighted by Gasteiger charge is 2.28. The Morgan fingerprint density at radius 1 is 1.38 bits per heavy atom. The summed E-state index contributed by atoms with van der Waals surface area (Å²) in [5, 5.41) is 11.0. The van der Waals surface area contributed by atoms with Crippen LogP contribution >= 0.6 is 12.4 Å². The number of carbonyl (C=O) groups excluding carboxylic acids is 1. The van der Waals surface area contributed by atoms with Crippen LogP contribution in [-0.4, -0.2) is 49.5 Å². The van der Waals surface area contributed by atoms with E-state index in [1.807, 2.05) is 0 Å². The van der Waals surface area contributed by atoms with Gasteiger partial charge in [-0.15, -0.1) is 12.4 Å². The molecule has 2 rings (SSSR count). The molecule has 1 aromatic carbocycles. The predicted molar refractivity (Wildman–Crippen MR) is 91.2 cm³/mol. The Hall–Kier alpha value is -1.71. The van der Waals surface area contributed by atoms with Crippen LogP contribution in [0.5, 0.6) is 0 Å². The largest absolute Gasteiger partial charge is 0.334 e. The van der Waals surface area contributed by atoms with Crippen molar-refractivity contribution >= 4 is 33.8 Å². The van der Waals surface area contributed by atoms with Crippen LogP contribution in [0, 0.1) is 10.1 Å². The molecule has 2 N–H and O–H groups in total. The number of benzene rings is 1. The molecule has 1 fully saturated rings. The number of amides is 1. The van der Waals surface area contributed by atoms with Gasteiger partial charge in [0.2, 0.25) is 0 Å². The van der Waals surface area contributed by atoms with Crippen LogP contribution in [0.4, 0.5) is 5.69 Å². The smallest absolute Gasteiger partial charge is 0.271 e. The molecule has 0 bridgehead atoms. The summed E-state index contributed by atoms with van der Waals surface area (Å²) < 4.78 is 23.4. The summed E-state index contributed by atoms with van der Waals surface area (Å²) in [4.78, 5) is 24.3. The fourth-order valence-electron chi connectivity index (χ4n) is 2.71. The quantitative estimate of drug-likeness (QED) is 0.624. The van der Waals surface area contributed by atoms with E-state index in [1.54, 1.807) is 4.90 Å². The van der Waals surface area contributed by atoms with E-state index in [-0.39, 0.29) is 28.9 Å². The molecule has 1 saturated heterocycles. The van der Waals surface area contributed by atoms with E-state index in [9.17, 15) is 23.3 Å². The van der Waals surface area contributed by atoms with Gasteiger partial charge >= 0.3 is 0 Å². The van der Waals surface area contributed by atoms with Gasteiger partial charge in [0.25, 0.3) is 11.6 Å². The first-order valence-electron chi connectivity index (χ1n) is 7.24. The minimum Gasteiger partial charge on any atom is -0.334 e. The molecule has 134 valence electrons. The highest BCUT2D eigenvalue weighted by molar-refractivity contribution is 7.90. The normalized spacial score (nSPS) is 17.9. The third-order valence-corrected chi connectivity index (χ3v) is 5.03. The van der Waals surface area contributed by atoms with Crippen LogP contribution < -0.4 is 5.73 Å². The number of non-ortho nitro benzene ring substituents is 1. The Labute approximate surface area is 146 Å². The van der Waals surface area contributed by atoms with Gasteiger partial charge in [-0.1, -0.05) is 0 Å². The number of nitro benzene ring substituents is 1. The number of nitrogens with two attached hydrogens (primary N) is 1. The summed E-state index contributed by atoms with van der Waals surface area (Å²) in [5.41, 5.74) is 5.27. The summed E-state index contributed by atoms with van der Waals surface area (Å²) >= 11 is 0. The number of piperidine rings is 1. The maximum atomic E-state index is 12.7. The Morgan fingerprint density at radius 3 is 2.58 bits per heavy atom. The van der Waals surface area contributed by atoms with Gasteiger partial charge in [-0.25, -0.2) is 8.42 Å². The van der Waals surface area contributed by atoms with Crippen molar-refractivity contribution in [2.75, 3.05) is 19.3 Å². The van der Waals surface area contributed by atoms with Crippen LogP contribution in [0.1, 0.15) is 29.6 Å². The van der Waals surface area contributed by atoms with Gasteiger partial charge in [-0.3, -0.25) is 14.9 Å². The van der Waals surface area contributed by atoms with Gasteiger partial charge in [0.05, 0.1) is 9.82 Å². The number of hydrogen-bond donors (Lipinski definition) is 1. The lowest BCUT2D eigenvalue weighted by atomic mass is 10.0. The lowest BCUT2D eigenvalue weighted by Gasteiger charge is -2.35. The fourth-order valence-corrected chi connectivity index (χ4v) is 3.38. The lowest BCUT2D eigenvalue weighted by Crippen LogP contribution is -2.47. The summed E-state index contributed by atoms with van der Waals surface area (Å²) in [6, 6.07) is 3.13. The van der Waals surface area contributed by atoms with Gasteiger partial charge in [0.15, 0.2) is 9.84 Å². The molecule has 24 heavy (non-hydrogen) atoms. The molecule has 0 aromatic heterocycles. The molecule has 1 aromatic rings. The fraction of sp³-hybridized carbons (Fsp3) is 0.500. The molecule has 0 saturated carbocycles. The summed E-state index contributed by atoms with van der Waals surface area (Å²) in [7, 11) is -3.66. The van der Waals surface area contributed by atoms with Crippen LogP contribution in [0.25, 0.3) is 0 Å². The monoisotopic (exact) mass is 377 g/mol. The third-order valence-electron chi connectivity index (χ3n) is 3.94.